The Bertz CT molecular complexity index is 743. The molecule has 0 N–H and O–H groups in total. The summed E-state index contributed by atoms with van der Waals surface area (Å²) in [7, 11) is 0. The maximum Gasteiger partial charge on any atom is 0.411 e. The summed E-state index contributed by atoms with van der Waals surface area (Å²) in [6.07, 6.45) is -1.20. The molecule has 0 saturated carbocycles. The molecule has 0 bridgehead atoms. The number of carbonyl (C=O) groups excluding carboxylic acids is 2. The molecule has 0 aliphatic carbocycles. The van der Waals surface area contributed by atoms with Crippen LogP contribution in [0.4, 0.5) is 4.79 Å². The topological polar surface area (TPSA) is 99.0 Å². The second-order valence-electron chi connectivity index (χ2n) is 8.56. The molecule has 1 amide bonds. The number of rotatable bonds is 5. The molecule has 2 rings (SSSR count). The molecule has 0 aromatic heterocycles. The Balaban J connectivity index is 2.72. The molecule has 160 valence electrons. The number of nitrogens with zero attached hydrogens (tertiary/aromatic N) is 2. The molecular formula is C21H30N2O6. The van der Waals surface area contributed by atoms with Crippen molar-refractivity contribution in [1.29, 1.82) is 0 Å². The first-order valence-corrected chi connectivity index (χ1v) is 9.84. The average Bonchev–Trinajstić information content (AvgIpc) is 2.99. The number of esters is 1. The largest absolute Gasteiger partial charge is 0.464 e. The highest BCUT2D eigenvalue weighted by Crippen LogP contribution is 2.49. The van der Waals surface area contributed by atoms with Crippen molar-refractivity contribution in [3.8, 4) is 0 Å². The normalized spacial score (nSPS) is 24.4. The lowest BCUT2D eigenvalue weighted by atomic mass is 9.73. The first-order valence-electron chi connectivity index (χ1n) is 9.84. The number of likely N-dealkylation sites (tertiary alicyclic amines) is 1. The maximum atomic E-state index is 13.1. The van der Waals surface area contributed by atoms with Crippen molar-refractivity contribution in [2.24, 2.45) is 11.3 Å². The zero-order valence-corrected chi connectivity index (χ0v) is 17.8. The first kappa shape index (κ1) is 22.6. The van der Waals surface area contributed by atoms with E-state index in [-0.39, 0.29) is 11.5 Å². The van der Waals surface area contributed by atoms with Crippen molar-refractivity contribution in [3.63, 3.8) is 0 Å². The van der Waals surface area contributed by atoms with Gasteiger partial charge in [0.15, 0.2) is 0 Å². The van der Waals surface area contributed by atoms with E-state index >= 15 is 0 Å². The third kappa shape index (κ3) is 4.68. The highest BCUT2D eigenvalue weighted by atomic mass is 16.6. The van der Waals surface area contributed by atoms with Crippen LogP contribution in [-0.4, -0.2) is 46.7 Å². The van der Waals surface area contributed by atoms with Crippen LogP contribution in [0.2, 0.25) is 0 Å². The molecule has 0 radical (unpaired) electrons. The van der Waals surface area contributed by atoms with E-state index in [1.165, 1.54) is 4.90 Å². The van der Waals surface area contributed by atoms with Crippen LogP contribution >= 0.6 is 0 Å². The van der Waals surface area contributed by atoms with Crippen molar-refractivity contribution in [2.45, 2.75) is 65.8 Å². The molecule has 0 unspecified atom stereocenters. The van der Waals surface area contributed by atoms with E-state index in [9.17, 15) is 19.7 Å². The Labute approximate surface area is 171 Å². The van der Waals surface area contributed by atoms with Crippen LogP contribution in [-0.2, 0) is 14.3 Å². The molecular weight excluding hydrogens is 376 g/mol. The molecule has 1 heterocycles. The second kappa shape index (κ2) is 8.80. The molecule has 8 nitrogen and oxygen atoms in total. The third-order valence-corrected chi connectivity index (χ3v) is 5.09. The van der Waals surface area contributed by atoms with Gasteiger partial charge in [0.25, 0.3) is 0 Å². The Morgan fingerprint density at radius 1 is 1.21 bits per heavy atom. The van der Waals surface area contributed by atoms with Gasteiger partial charge in [-0.15, -0.1) is 0 Å². The molecule has 1 aromatic carbocycles. The first-order chi connectivity index (χ1) is 13.5. The third-order valence-electron chi connectivity index (χ3n) is 5.09. The van der Waals surface area contributed by atoms with Crippen LogP contribution in [0, 0.1) is 21.4 Å². The number of hydrogen-bond donors (Lipinski definition) is 0. The maximum absolute atomic E-state index is 13.1. The predicted molar refractivity (Wildman–Crippen MR) is 107 cm³/mol. The van der Waals surface area contributed by atoms with E-state index in [1.807, 2.05) is 20.8 Å². The zero-order chi connectivity index (χ0) is 21.9. The molecule has 1 aliphatic rings. The van der Waals surface area contributed by atoms with Crippen LogP contribution in [0.15, 0.2) is 30.3 Å². The van der Waals surface area contributed by atoms with Gasteiger partial charge in [0.1, 0.15) is 12.1 Å². The summed E-state index contributed by atoms with van der Waals surface area (Å²) < 4.78 is 10.6. The Kier molecular flexibility index (Phi) is 6.87. The molecule has 4 atom stereocenters. The standard InChI is InChI=1S/C21H30N2O6/c1-7-28-19(24)18-15(21(4,5)6)17(23(26)27)16(14-11-9-8-10-12-14)22(18)20(25)29-13(2)3/h8-13,15-18H,7H2,1-6H3/t15-,16-,17-,18-/m1/s1. The van der Waals surface area contributed by atoms with E-state index in [4.69, 9.17) is 9.47 Å². The van der Waals surface area contributed by atoms with Gasteiger partial charge in [0.05, 0.1) is 18.6 Å². The van der Waals surface area contributed by atoms with Crippen LogP contribution < -0.4 is 0 Å². The second-order valence-corrected chi connectivity index (χ2v) is 8.56. The van der Waals surface area contributed by atoms with Gasteiger partial charge in [-0.2, -0.15) is 0 Å². The highest BCUT2D eigenvalue weighted by Gasteiger charge is 2.64. The van der Waals surface area contributed by atoms with Gasteiger partial charge in [-0.25, -0.2) is 9.59 Å². The van der Waals surface area contributed by atoms with Crippen molar-refractivity contribution < 1.29 is 24.0 Å². The lowest BCUT2D eigenvalue weighted by Crippen LogP contribution is -2.48. The number of hydrogen-bond acceptors (Lipinski definition) is 6. The number of amides is 1. The van der Waals surface area contributed by atoms with Crippen LogP contribution in [0.1, 0.15) is 53.1 Å². The summed E-state index contributed by atoms with van der Waals surface area (Å²) >= 11 is 0. The fourth-order valence-corrected chi connectivity index (χ4v) is 4.11. The smallest absolute Gasteiger partial charge is 0.411 e. The monoisotopic (exact) mass is 406 g/mol. The summed E-state index contributed by atoms with van der Waals surface area (Å²) in [6, 6.07) is 5.49. The highest BCUT2D eigenvalue weighted by molar-refractivity contribution is 5.83. The van der Waals surface area contributed by atoms with Gasteiger partial charge >= 0.3 is 12.1 Å². The summed E-state index contributed by atoms with van der Waals surface area (Å²) in [5.41, 5.74) is -0.0642. The molecule has 8 heteroatoms. The van der Waals surface area contributed by atoms with Crippen molar-refractivity contribution in [1.82, 2.24) is 4.90 Å². The molecule has 29 heavy (non-hydrogen) atoms. The van der Waals surface area contributed by atoms with Crippen molar-refractivity contribution in [2.75, 3.05) is 6.61 Å². The van der Waals surface area contributed by atoms with E-state index in [0.29, 0.717) is 5.56 Å². The minimum absolute atomic E-state index is 0.110. The lowest BCUT2D eigenvalue weighted by molar-refractivity contribution is -0.536. The Hall–Kier alpha value is -2.64. The van der Waals surface area contributed by atoms with Crippen molar-refractivity contribution >= 4 is 12.1 Å². The zero-order valence-electron chi connectivity index (χ0n) is 17.8. The molecule has 1 aromatic rings. The summed E-state index contributed by atoms with van der Waals surface area (Å²) in [5.74, 6) is -1.42. The number of nitro groups is 1. The van der Waals surface area contributed by atoms with Gasteiger partial charge in [0.2, 0.25) is 6.04 Å². The quantitative estimate of drug-likeness (QED) is 0.419. The van der Waals surface area contributed by atoms with Gasteiger partial charge in [-0.05, 0) is 31.7 Å². The van der Waals surface area contributed by atoms with E-state index < -0.39 is 47.6 Å². The fraction of sp³-hybridized carbons (Fsp3) is 0.619. The van der Waals surface area contributed by atoms with Crippen molar-refractivity contribution in [3.05, 3.63) is 46.0 Å². The lowest BCUT2D eigenvalue weighted by Gasteiger charge is -2.33. The SMILES string of the molecule is CCOC(=O)[C@H]1[C@H](C(C)(C)C)[C@@H]([N+](=O)[O-])[C@@H](c2ccccc2)N1C(=O)OC(C)C. The molecule has 1 saturated heterocycles. The van der Waals surface area contributed by atoms with Gasteiger partial charge in [-0.1, -0.05) is 51.1 Å². The molecule has 1 fully saturated rings. The fourth-order valence-electron chi connectivity index (χ4n) is 4.11. The average molecular weight is 406 g/mol. The molecule has 0 spiro atoms. The minimum atomic E-state index is -1.19. The van der Waals surface area contributed by atoms with Gasteiger partial charge in [-0.3, -0.25) is 15.0 Å². The minimum Gasteiger partial charge on any atom is -0.464 e. The van der Waals surface area contributed by atoms with Crippen LogP contribution in [0.5, 0.6) is 0 Å². The molecule has 1 aliphatic heterocycles. The summed E-state index contributed by atoms with van der Waals surface area (Å²) in [4.78, 5) is 39.1. The Morgan fingerprint density at radius 3 is 2.24 bits per heavy atom. The van der Waals surface area contributed by atoms with E-state index in [0.717, 1.165) is 0 Å². The van der Waals surface area contributed by atoms with Gasteiger partial charge in [0, 0.05) is 4.92 Å². The van der Waals surface area contributed by atoms with Crippen LogP contribution in [0.3, 0.4) is 0 Å². The predicted octanol–water partition coefficient (Wildman–Crippen LogP) is 3.83. The summed E-state index contributed by atoms with van der Waals surface area (Å²) in [5, 5.41) is 12.2. The Morgan fingerprint density at radius 2 is 1.79 bits per heavy atom. The number of carbonyl (C=O) groups is 2. The number of ether oxygens (including phenoxy) is 2. The van der Waals surface area contributed by atoms with Crippen LogP contribution in [0.25, 0.3) is 0 Å². The number of benzene rings is 1. The van der Waals surface area contributed by atoms with E-state index in [2.05, 4.69) is 0 Å². The summed E-state index contributed by atoms with van der Waals surface area (Å²) in [6.45, 7) is 10.7. The van der Waals surface area contributed by atoms with E-state index in [1.54, 1.807) is 51.1 Å². The van der Waals surface area contributed by atoms with Gasteiger partial charge < -0.3 is 9.47 Å².